The second-order valence-corrected chi connectivity index (χ2v) is 4.53. The van der Waals surface area contributed by atoms with Crippen LogP contribution in [-0.4, -0.2) is 8.11 Å². The molecule has 0 aromatic carbocycles. The molecule has 1 aliphatic heterocycles. The molecule has 0 nitrogen and oxygen atoms in total. The Morgan fingerprint density at radius 1 is 1.43 bits per heavy atom. The van der Waals surface area contributed by atoms with Crippen LogP contribution in [0.1, 0.15) is 0 Å². The van der Waals surface area contributed by atoms with Crippen molar-refractivity contribution >= 4 is 19.2 Å². The van der Waals surface area contributed by atoms with E-state index in [0.29, 0.717) is 0 Å². The Morgan fingerprint density at radius 2 is 2.29 bits per heavy atom. The third-order valence-electron chi connectivity index (χ3n) is 0.837. The highest BCUT2D eigenvalue weighted by Gasteiger charge is 2.00. The lowest BCUT2D eigenvalue weighted by Gasteiger charge is -1.96. The molecule has 1 rings (SSSR count). The minimum absolute atomic E-state index is 0.588. The molecule has 1 heterocycles. The van der Waals surface area contributed by atoms with Crippen molar-refractivity contribution < 1.29 is 0 Å². The monoisotopic (exact) mass is 129 g/mol. The zero-order chi connectivity index (χ0) is 5.11. The van der Waals surface area contributed by atoms with E-state index in [0.717, 1.165) is 6.04 Å². The van der Waals surface area contributed by atoms with Crippen molar-refractivity contribution in [3.63, 3.8) is 0 Å². The van der Waals surface area contributed by atoms with Crippen molar-refractivity contribution in [3.05, 3.63) is 23.9 Å². The van der Waals surface area contributed by atoms with E-state index in [-0.39, 0.29) is 0 Å². The van der Waals surface area contributed by atoms with Crippen molar-refractivity contribution in [2.24, 2.45) is 0 Å². The summed E-state index contributed by atoms with van der Waals surface area (Å²) in [5.41, 5.74) is 2.09. The van der Waals surface area contributed by atoms with E-state index >= 15 is 0 Å². The topological polar surface area (TPSA) is 0 Å². The quantitative estimate of drug-likeness (QED) is 0.346. The fraction of sp³-hybridized carbons (Fsp3) is 0.200. The van der Waals surface area contributed by atoms with Crippen LogP contribution in [0.3, 0.4) is 0 Å². The smallest absolute Gasteiger partial charge is 0.163 e. The minimum atomic E-state index is -0.588. The molecule has 2 heteroatoms. The van der Waals surface area contributed by atoms with Gasteiger partial charge in [-0.25, -0.2) is 0 Å². The Bertz CT molecular complexity index is 107. The molecule has 0 aliphatic carbocycles. The van der Waals surface area contributed by atoms with Crippen molar-refractivity contribution in [1.29, 1.82) is 0 Å². The van der Waals surface area contributed by atoms with Gasteiger partial charge in [-0.05, 0) is 6.04 Å². The van der Waals surface area contributed by atoms with Gasteiger partial charge in [-0.2, -0.15) is 11.1 Å². The van der Waals surface area contributed by atoms with Gasteiger partial charge in [0.25, 0.3) is 0 Å². The van der Waals surface area contributed by atoms with Crippen LogP contribution < -0.4 is 0 Å². The molecule has 0 aromatic rings. The van der Waals surface area contributed by atoms with Gasteiger partial charge in [0.05, 0.1) is 0 Å². The highest BCUT2D eigenvalue weighted by Crippen LogP contribution is 2.05. The maximum Gasteiger partial charge on any atom is 0.196 e. The molecule has 0 spiro atoms. The van der Waals surface area contributed by atoms with Crippen molar-refractivity contribution in [1.82, 2.24) is 0 Å². The molecule has 0 N–H and O–H groups in total. The number of allylic oxidation sites excluding steroid dienone is 3. The zero-order valence-corrected chi connectivity index (χ0v) is 5.65. The first-order chi connectivity index (χ1) is 3.39. The van der Waals surface area contributed by atoms with Gasteiger partial charge in [-0.3, -0.25) is 0 Å². The molecule has 0 aromatic heterocycles. The standard InChI is InChI=1S/C5H6ClSi/c6-7-4-2-1-3-5-7/h1-4H,5H2. The number of hydrogen-bond donors (Lipinski definition) is 0. The molecule has 0 saturated carbocycles. The van der Waals surface area contributed by atoms with Crippen LogP contribution in [0.4, 0.5) is 0 Å². The fourth-order valence-corrected chi connectivity index (χ4v) is 1.79. The average molecular weight is 130 g/mol. The van der Waals surface area contributed by atoms with E-state index in [1.807, 2.05) is 12.2 Å². The van der Waals surface area contributed by atoms with Crippen molar-refractivity contribution in [3.8, 4) is 0 Å². The minimum Gasteiger partial charge on any atom is -0.163 e. The van der Waals surface area contributed by atoms with Gasteiger partial charge in [0, 0.05) is 0 Å². The van der Waals surface area contributed by atoms with E-state index < -0.39 is 8.11 Å². The Hall–Kier alpha value is -0.0131. The van der Waals surface area contributed by atoms with Crippen molar-refractivity contribution in [2.45, 2.75) is 6.04 Å². The third kappa shape index (κ3) is 1.49. The summed E-state index contributed by atoms with van der Waals surface area (Å²) in [4.78, 5) is 0. The number of rotatable bonds is 0. The lowest BCUT2D eigenvalue weighted by Crippen LogP contribution is -1.97. The number of hydrogen-bond acceptors (Lipinski definition) is 0. The molecule has 1 aliphatic rings. The highest BCUT2D eigenvalue weighted by atomic mass is 35.6. The molecule has 37 valence electrons. The summed E-state index contributed by atoms with van der Waals surface area (Å²) in [5, 5.41) is 0. The third-order valence-corrected chi connectivity index (χ3v) is 2.86. The maximum absolute atomic E-state index is 5.78. The summed E-state index contributed by atoms with van der Waals surface area (Å²) in [6, 6.07) is 1.09. The molecule has 0 saturated heterocycles. The molecule has 0 bridgehead atoms. The molecule has 0 amide bonds. The van der Waals surface area contributed by atoms with E-state index in [1.54, 1.807) is 0 Å². The van der Waals surface area contributed by atoms with E-state index in [2.05, 4.69) is 11.8 Å². The molecule has 1 radical (unpaired) electrons. The van der Waals surface area contributed by atoms with Gasteiger partial charge in [0.1, 0.15) is 0 Å². The summed E-state index contributed by atoms with van der Waals surface area (Å²) in [6.07, 6.45) is 6.17. The van der Waals surface area contributed by atoms with Gasteiger partial charge in [-0.1, -0.05) is 23.9 Å². The summed E-state index contributed by atoms with van der Waals surface area (Å²) in [5.74, 6) is 0. The summed E-state index contributed by atoms with van der Waals surface area (Å²) in [7, 11) is -0.588. The highest BCUT2D eigenvalue weighted by molar-refractivity contribution is 7.10. The van der Waals surface area contributed by atoms with E-state index in [9.17, 15) is 0 Å². The summed E-state index contributed by atoms with van der Waals surface area (Å²) >= 11 is 5.78. The average Bonchev–Trinajstić information content (AvgIpc) is 1.69. The van der Waals surface area contributed by atoms with Gasteiger partial charge >= 0.3 is 0 Å². The van der Waals surface area contributed by atoms with Gasteiger partial charge < -0.3 is 0 Å². The zero-order valence-electron chi connectivity index (χ0n) is 3.89. The van der Waals surface area contributed by atoms with Crippen LogP contribution >= 0.6 is 11.1 Å². The molecular formula is C5H6ClSi. The van der Waals surface area contributed by atoms with Crippen LogP contribution in [0.5, 0.6) is 0 Å². The summed E-state index contributed by atoms with van der Waals surface area (Å²) in [6.45, 7) is 0. The first-order valence-electron chi connectivity index (χ1n) is 2.24. The van der Waals surface area contributed by atoms with Crippen LogP contribution in [0, 0.1) is 0 Å². The molecule has 7 heavy (non-hydrogen) atoms. The number of halogens is 1. The van der Waals surface area contributed by atoms with Crippen LogP contribution in [-0.2, 0) is 0 Å². The van der Waals surface area contributed by atoms with Crippen LogP contribution in [0.15, 0.2) is 23.9 Å². The fourth-order valence-electron chi connectivity index (χ4n) is 0.487. The largest absolute Gasteiger partial charge is 0.196 e. The lowest BCUT2D eigenvalue weighted by molar-refractivity contribution is 1.64. The van der Waals surface area contributed by atoms with Crippen LogP contribution in [0.25, 0.3) is 0 Å². The van der Waals surface area contributed by atoms with Crippen molar-refractivity contribution in [2.75, 3.05) is 0 Å². The molecule has 0 unspecified atom stereocenters. The first kappa shape index (κ1) is 5.13. The first-order valence-corrected chi connectivity index (χ1v) is 5.04. The Morgan fingerprint density at radius 3 is 2.57 bits per heavy atom. The van der Waals surface area contributed by atoms with Gasteiger partial charge in [0.15, 0.2) is 8.11 Å². The van der Waals surface area contributed by atoms with E-state index in [1.165, 1.54) is 0 Å². The maximum atomic E-state index is 5.78. The predicted molar refractivity (Wildman–Crippen MR) is 34.7 cm³/mol. The Labute approximate surface area is 49.8 Å². The van der Waals surface area contributed by atoms with Crippen LogP contribution in [0.2, 0.25) is 6.04 Å². The Kier molecular flexibility index (Phi) is 1.71. The molecule has 0 atom stereocenters. The lowest BCUT2D eigenvalue weighted by atomic mass is 10.5. The SMILES string of the molecule is Cl[Si]1C=CC=CC1. The Balaban J connectivity index is 2.49. The summed E-state index contributed by atoms with van der Waals surface area (Å²) < 4.78 is 0. The molecular weight excluding hydrogens is 124 g/mol. The second kappa shape index (κ2) is 2.33. The molecule has 0 fully saturated rings. The van der Waals surface area contributed by atoms with Gasteiger partial charge in [-0.15, -0.1) is 0 Å². The van der Waals surface area contributed by atoms with E-state index in [4.69, 9.17) is 11.1 Å². The predicted octanol–water partition coefficient (Wildman–Crippen LogP) is 1.88. The van der Waals surface area contributed by atoms with Gasteiger partial charge in [0.2, 0.25) is 0 Å². The second-order valence-electron chi connectivity index (χ2n) is 1.44. The normalized spacial score (nSPS) is 20.7.